The highest BCUT2D eigenvalue weighted by atomic mass is 32.1. The van der Waals surface area contributed by atoms with Crippen LogP contribution in [-0.4, -0.2) is 43.2 Å². The van der Waals surface area contributed by atoms with Crippen molar-refractivity contribution in [3.63, 3.8) is 0 Å². The van der Waals surface area contributed by atoms with E-state index in [1.54, 1.807) is 0 Å². The van der Waals surface area contributed by atoms with E-state index >= 15 is 0 Å². The van der Waals surface area contributed by atoms with Crippen molar-refractivity contribution < 1.29 is 8.83 Å². The standard InChI is InChI=1S/C49H33N3S.2C34H21N3O/c1-30-23-35(52-45-17-9-5-13-39(45)40-21-22-50-29-46(40)52)24-31(2)49(30)34-25-33(32-19-20-48-42(28-32)41-14-6-10-18-47(41)53-48)26-36(27-34)51-43-15-7-3-11-37(43)38-12-4-8-16-44(38)51;1-2-14-31-27(11-1)28-21-25(15-16-32(28)38-31)23-8-3-7-22(19-23)24-9-4-10-26(20-24)37-29-12-5-17-35-33(29)34-30(37)13-6-18-36-34;1-2-7-33-27(6-1)28-19-25(10-13-34(28)38-33)24-5-3-4-23(18-24)22-8-11-26(12-9-22)37-31-14-16-35-20-29(31)30-21-36-17-15-32(30)37/h3-29H,1-2H3;2*1-21H. The number of rotatable bonds is 10. The smallest absolute Gasteiger partial charge is 0.135 e. The normalized spacial score (nSPS) is 11.8. The SMILES string of the molecule is Cc1cc(-n2c3ccccc3c3ccncc32)cc(C)c1-c1cc(-c2ccc3sc4ccccc4c3c2)cc(-n2c3ccccc3c3ccccc32)c1.c1cc(-c2ccc(-n3c4ccncc4c4cnccc43)cc2)cc(-c2ccc3oc4ccccc4c3c2)c1.c1cc(-c2cccc(-n3c4cccnc4c4ncccc43)c2)cc(-c2ccc3oc4ccccc4c3c2)c1. The van der Waals surface area contributed by atoms with Gasteiger partial charge in [-0.15, -0.1) is 11.3 Å². The Morgan fingerprint density at radius 1 is 0.209 bits per heavy atom. The van der Waals surface area contributed by atoms with Crippen LogP contribution in [-0.2, 0) is 0 Å². The number of furan rings is 2. The molecule has 12 heteroatoms. The molecule has 0 radical (unpaired) electrons. The van der Waals surface area contributed by atoms with Crippen molar-refractivity contribution in [1.82, 2.24) is 43.2 Å². The summed E-state index contributed by atoms with van der Waals surface area (Å²) < 4.78 is 24.0. The fourth-order valence-electron chi connectivity index (χ4n) is 19.9. The Morgan fingerprint density at radius 3 is 1.18 bits per heavy atom. The molecule has 0 amide bonds. The average molecular weight is 1670 g/mol. The van der Waals surface area contributed by atoms with E-state index in [9.17, 15) is 0 Å². The molecule has 12 heterocycles. The number of thiophene rings is 1. The van der Waals surface area contributed by atoms with Crippen molar-refractivity contribution in [2.45, 2.75) is 13.8 Å². The van der Waals surface area contributed by atoms with Gasteiger partial charge in [0.05, 0.1) is 50.3 Å². The lowest BCUT2D eigenvalue weighted by Crippen LogP contribution is -2.00. The largest absolute Gasteiger partial charge is 0.456 e. The van der Waals surface area contributed by atoms with Crippen LogP contribution in [0.3, 0.4) is 0 Å². The fourth-order valence-corrected chi connectivity index (χ4v) is 21.0. The minimum atomic E-state index is 0.911. The molecular weight excluding hydrogens is 1600 g/mol. The van der Waals surface area contributed by atoms with Gasteiger partial charge in [0.2, 0.25) is 0 Å². The maximum Gasteiger partial charge on any atom is 0.135 e. The highest BCUT2D eigenvalue weighted by molar-refractivity contribution is 7.25. The number of fused-ring (bicyclic) bond motifs is 21. The van der Waals surface area contributed by atoms with E-state index < -0.39 is 0 Å². The van der Waals surface area contributed by atoms with E-state index in [0.29, 0.717) is 0 Å². The summed E-state index contributed by atoms with van der Waals surface area (Å²) in [7, 11) is 0. The molecule has 15 aromatic carbocycles. The number of pyridine rings is 5. The number of aromatic nitrogens is 9. The summed E-state index contributed by atoms with van der Waals surface area (Å²) in [6.07, 6.45) is 15.0. The lowest BCUT2D eigenvalue weighted by Gasteiger charge is -2.18. The van der Waals surface area contributed by atoms with Gasteiger partial charge >= 0.3 is 0 Å². The number of hydrogen-bond donors (Lipinski definition) is 0. The zero-order valence-electron chi connectivity index (χ0n) is 70.1. The van der Waals surface area contributed by atoms with E-state index in [1.165, 1.54) is 131 Å². The van der Waals surface area contributed by atoms with E-state index in [2.05, 4.69) is 391 Å². The molecule has 0 saturated heterocycles. The van der Waals surface area contributed by atoms with Crippen LogP contribution in [0.2, 0.25) is 0 Å². The first-order chi connectivity index (χ1) is 63.8. The van der Waals surface area contributed by atoms with Crippen LogP contribution >= 0.6 is 11.3 Å². The summed E-state index contributed by atoms with van der Waals surface area (Å²) in [5.74, 6) is 0. The Morgan fingerprint density at radius 2 is 0.589 bits per heavy atom. The van der Waals surface area contributed by atoms with Gasteiger partial charge in [-0.1, -0.05) is 188 Å². The van der Waals surface area contributed by atoms with E-state index in [4.69, 9.17) is 8.83 Å². The Bertz CT molecular complexity index is 8980. The van der Waals surface area contributed by atoms with Crippen molar-refractivity contribution in [3.05, 3.63) is 431 Å². The average Bonchev–Trinajstić information content (AvgIpc) is 1.66. The van der Waals surface area contributed by atoms with Crippen LogP contribution in [0.5, 0.6) is 0 Å². The second-order valence-corrected chi connectivity index (χ2v) is 34.3. The first-order valence-electron chi connectivity index (χ1n) is 43.4. The molecule has 0 aliphatic rings. The van der Waals surface area contributed by atoms with Gasteiger partial charge in [-0.3, -0.25) is 24.9 Å². The second kappa shape index (κ2) is 30.5. The number of aryl methyl sites for hydroxylation is 2. The van der Waals surface area contributed by atoms with Gasteiger partial charge in [-0.2, -0.15) is 0 Å². The summed E-state index contributed by atoms with van der Waals surface area (Å²) in [6, 6.07) is 132. The van der Waals surface area contributed by atoms with Crippen molar-refractivity contribution in [3.8, 4) is 89.5 Å². The zero-order chi connectivity index (χ0) is 85.3. The molecule has 27 rings (SSSR count). The second-order valence-electron chi connectivity index (χ2n) is 33.2. The predicted octanol–water partition coefficient (Wildman–Crippen LogP) is 31.2. The van der Waals surface area contributed by atoms with Crippen LogP contribution in [0.25, 0.3) is 241 Å². The minimum absolute atomic E-state index is 0.911. The fraction of sp³-hybridized carbons (Fsp3) is 0.0171. The Hall–Kier alpha value is -16.9. The molecule has 0 fully saturated rings. The number of para-hydroxylation sites is 5. The quantitative estimate of drug-likeness (QED) is 0.134. The van der Waals surface area contributed by atoms with E-state index in [-0.39, 0.29) is 0 Å². The lowest BCUT2D eigenvalue weighted by molar-refractivity contribution is 0.668. The van der Waals surface area contributed by atoms with E-state index in [1.807, 2.05) is 97.3 Å². The van der Waals surface area contributed by atoms with Gasteiger partial charge in [-0.05, 0) is 274 Å². The third kappa shape index (κ3) is 12.7. The summed E-state index contributed by atoms with van der Waals surface area (Å²) in [4.78, 5) is 22.5. The zero-order valence-corrected chi connectivity index (χ0v) is 70.9. The Balaban J connectivity index is 0.000000107. The monoisotopic (exact) mass is 1670 g/mol. The third-order valence-electron chi connectivity index (χ3n) is 25.7. The molecule has 0 saturated carbocycles. The maximum atomic E-state index is 6.03. The molecule has 0 unspecified atom stereocenters. The first kappa shape index (κ1) is 74.7. The minimum Gasteiger partial charge on any atom is -0.456 e. The summed E-state index contributed by atoms with van der Waals surface area (Å²) >= 11 is 1.86. The van der Waals surface area contributed by atoms with Crippen molar-refractivity contribution in [1.29, 1.82) is 0 Å². The molecule has 0 N–H and O–H groups in total. The Labute approximate surface area is 743 Å². The third-order valence-corrected chi connectivity index (χ3v) is 26.8. The van der Waals surface area contributed by atoms with Crippen LogP contribution < -0.4 is 0 Å². The Kier molecular flexibility index (Phi) is 17.7. The van der Waals surface area contributed by atoms with Gasteiger partial charge in [-0.25, -0.2) is 0 Å². The van der Waals surface area contributed by atoms with Gasteiger partial charge in [0, 0.05) is 140 Å². The predicted molar refractivity (Wildman–Crippen MR) is 535 cm³/mol. The number of hydrogen-bond acceptors (Lipinski definition) is 8. The van der Waals surface area contributed by atoms with E-state index in [0.717, 1.165) is 122 Å². The van der Waals surface area contributed by atoms with Crippen LogP contribution in [0.1, 0.15) is 11.1 Å². The molecule has 0 aliphatic heterocycles. The molecule has 0 bridgehead atoms. The van der Waals surface area contributed by atoms with Crippen molar-refractivity contribution in [2.24, 2.45) is 0 Å². The van der Waals surface area contributed by atoms with Gasteiger partial charge in [0.25, 0.3) is 0 Å². The molecular formula is C117H75N9O2S. The van der Waals surface area contributed by atoms with Gasteiger partial charge in [0.1, 0.15) is 33.4 Å². The lowest BCUT2D eigenvalue weighted by atomic mass is 9.91. The summed E-state index contributed by atoms with van der Waals surface area (Å²) in [5, 5.41) is 14.4. The molecule has 0 aliphatic carbocycles. The topological polar surface area (TPSA) is 110 Å². The number of benzene rings is 15. The highest BCUT2D eigenvalue weighted by Crippen LogP contribution is 2.45. The van der Waals surface area contributed by atoms with Crippen molar-refractivity contribution >= 4 is 163 Å². The summed E-state index contributed by atoms with van der Waals surface area (Å²) in [5.41, 5.74) is 35.8. The molecule has 129 heavy (non-hydrogen) atoms. The van der Waals surface area contributed by atoms with Crippen LogP contribution in [0.4, 0.5) is 0 Å². The highest BCUT2D eigenvalue weighted by Gasteiger charge is 2.23. The van der Waals surface area contributed by atoms with Gasteiger partial charge in [0.15, 0.2) is 0 Å². The van der Waals surface area contributed by atoms with Gasteiger partial charge < -0.3 is 27.1 Å². The van der Waals surface area contributed by atoms with Crippen LogP contribution in [0, 0.1) is 13.8 Å². The molecule has 27 aromatic rings. The first-order valence-corrected chi connectivity index (χ1v) is 44.2. The molecule has 0 atom stereocenters. The molecule has 12 aromatic heterocycles. The molecule has 606 valence electrons. The number of nitrogens with zero attached hydrogens (tertiary/aromatic N) is 9. The maximum absolute atomic E-state index is 6.03. The molecule has 11 nitrogen and oxygen atoms in total. The summed E-state index contributed by atoms with van der Waals surface area (Å²) in [6.45, 7) is 4.52. The van der Waals surface area contributed by atoms with Crippen LogP contribution in [0.15, 0.2) is 428 Å². The molecule has 0 spiro atoms. The van der Waals surface area contributed by atoms with Crippen molar-refractivity contribution in [2.75, 3.05) is 0 Å².